The van der Waals surface area contributed by atoms with Crippen molar-refractivity contribution in [1.29, 1.82) is 0 Å². The molecule has 0 aromatic heterocycles. The van der Waals surface area contributed by atoms with Gasteiger partial charge in [-0.1, -0.05) is 6.42 Å². The number of hydrogen-bond acceptors (Lipinski definition) is 7. The molecule has 2 N–H and O–H groups in total. The molecule has 1 rings (SSSR count). The number of unbranched alkanes of at least 4 members (excludes halogenated alkanes) is 1. The lowest BCUT2D eigenvalue weighted by Gasteiger charge is -2.19. The Morgan fingerprint density at radius 3 is 2.22 bits per heavy atom. The molecule has 0 aliphatic carbocycles. The van der Waals surface area contributed by atoms with Gasteiger partial charge in [-0.3, -0.25) is 28.9 Å². The molecule has 1 heterocycles. The molecule has 32 heavy (non-hydrogen) atoms. The quantitative estimate of drug-likeness (QED) is 0.318. The lowest BCUT2D eigenvalue weighted by atomic mass is 9.92. The molecule has 0 aromatic rings. The number of alkyl carbamates (subject to hydrolysis) is 1. The fourth-order valence-electron chi connectivity index (χ4n) is 2.99. The van der Waals surface area contributed by atoms with Gasteiger partial charge in [-0.2, -0.15) is 0 Å². The van der Waals surface area contributed by atoms with Gasteiger partial charge in [0, 0.05) is 44.0 Å². The van der Waals surface area contributed by atoms with Crippen LogP contribution in [0.25, 0.3) is 0 Å². The van der Waals surface area contributed by atoms with Crippen molar-refractivity contribution in [2.75, 3.05) is 19.6 Å². The van der Waals surface area contributed by atoms with Crippen LogP contribution in [0.4, 0.5) is 4.79 Å². The Morgan fingerprint density at radius 2 is 1.66 bits per heavy atom. The van der Waals surface area contributed by atoms with Gasteiger partial charge in [0.15, 0.2) is 5.78 Å². The summed E-state index contributed by atoms with van der Waals surface area (Å²) in [5.74, 6) is -1.96. The summed E-state index contributed by atoms with van der Waals surface area (Å²) in [6, 6.07) is 0. The molecule has 0 spiro atoms. The van der Waals surface area contributed by atoms with Crippen LogP contribution in [0, 0.1) is 5.92 Å². The zero-order valence-corrected chi connectivity index (χ0v) is 19.2. The topological polar surface area (TPSA) is 139 Å². The first-order chi connectivity index (χ1) is 14.9. The van der Waals surface area contributed by atoms with Gasteiger partial charge >= 0.3 is 6.09 Å². The number of ether oxygens (including phenoxy) is 1. The fraction of sp³-hybridized carbons (Fsp3) is 0.636. The Labute approximate surface area is 188 Å². The molecule has 0 saturated carbocycles. The second kappa shape index (κ2) is 12.7. The summed E-state index contributed by atoms with van der Waals surface area (Å²) >= 11 is 0. The van der Waals surface area contributed by atoms with Crippen LogP contribution in [-0.4, -0.2) is 65.5 Å². The largest absolute Gasteiger partial charge is 0.444 e. The van der Waals surface area contributed by atoms with Crippen LogP contribution in [0.3, 0.4) is 0 Å². The lowest BCUT2D eigenvalue weighted by molar-refractivity contribution is -0.137. The third kappa shape index (κ3) is 10.8. The van der Waals surface area contributed by atoms with Crippen LogP contribution in [-0.2, 0) is 28.7 Å². The first-order valence-corrected chi connectivity index (χ1v) is 10.7. The van der Waals surface area contributed by atoms with E-state index in [0.29, 0.717) is 19.3 Å². The lowest BCUT2D eigenvalue weighted by Crippen LogP contribution is -2.36. The average Bonchev–Trinajstić information content (AvgIpc) is 2.98. The normalized spacial score (nSPS) is 14.3. The number of Topliss-reactive ketones (excluding diaryl/α,β-unsaturated/α-hetero) is 2. The van der Waals surface area contributed by atoms with E-state index < -0.39 is 23.5 Å². The summed E-state index contributed by atoms with van der Waals surface area (Å²) in [6.45, 7) is 6.75. The minimum absolute atomic E-state index is 0.00847. The number of rotatable bonds is 13. The van der Waals surface area contributed by atoms with Gasteiger partial charge in [0.25, 0.3) is 11.8 Å². The number of amides is 4. The summed E-state index contributed by atoms with van der Waals surface area (Å²) in [6.07, 6.45) is 3.40. The van der Waals surface area contributed by atoms with E-state index in [-0.39, 0.29) is 55.9 Å². The molecule has 1 aliphatic heterocycles. The molecule has 0 saturated heterocycles. The molecule has 0 bridgehead atoms. The third-order valence-corrected chi connectivity index (χ3v) is 4.64. The Kier molecular flexibility index (Phi) is 10.7. The van der Waals surface area contributed by atoms with Crippen molar-refractivity contribution < 1.29 is 33.5 Å². The van der Waals surface area contributed by atoms with E-state index in [2.05, 4.69) is 10.6 Å². The maximum Gasteiger partial charge on any atom is 0.407 e. The monoisotopic (exact) mass is 451 g/mol. The predicted molar refractivity (Wildman–Crippen MR) is 115 cm³/mol. The van der Waals surface area contributed by atoms with Crippen molar-refractivity contribution in [3.63, 3.8) is 0 Å². The average molecular weight is 452 g/mol. The van der Waals surface area contributed by atoms with E-state index in [9.17, 15) is 28.8 Å². The fourth-order valence-corrected chi connectivity index (χ4v) is 2.99. The molecule has 1 aliphatic rings. The van der Waals surface area contributed by atoms with Gasteiger partial charge in [0.1, 0.15) is 11.4 Å². The maximum atomic E-state index is 12.2. The van der Waals surface area contributed by atoms with Crippen molar-refractivity contribution in [2.24, 2.45) is 5.92 Å². The third-order valence-electron chi connectivity index (χ3n) is 4.64. The van der Waals surface area contributed by atoms with Crippen LogP contribution < -0.4 is 10.6 Å². The van der Waals surface area contributed by atoms with E-state index in [0.717, 1.165) is 4.90 Å². The minimum Gasteiger partial charge on any atom is -0.444 e. The first kappa shape index (κ1) is 27.0. The molecule has 10 nitrogen and oxygen atoms in total. The Bertz CT molecular complexity index is 750. The summed E-state index contributed by atoms with van der Waals surface area (Å²) in [5.41, 5.74) is -0.633. The van der Waals surface area contributed by atoms with Gasteiger partial charge in [0.2, 0.25) is 5.91 Å². The van der Waals surface area contributed by atoms with E-state index in [1.807, 2.05) is 0 Å². The molecular weight excluding hydrogens is 418 g/mol. The van der Waals surface area contributed by atoms with Crippen LogP contribution in [0.5, 0.6) is 0 Å². The van der Waals surface area contributed by atoms with Gasteiger partial charge in [-0.05, 0) is 40.5 Å². The van der Waals surface area contributed by atoms with Crippen molar-refractivity contribution in [1.82, 2.24) is 15.5 Å². The molecule has 0 aromatic carbocycles. The zero-order chi connectivity index (χ0) is 24.3. The molecule has 0 radical (unpaired) electrons. The summed E-state index contributed by atoms with van der Waals surface area (Å²) in [7, 11) is 0. The smallest absolute Gasteiger partial charge is 0.407 e. The SMILES string of the molecule is CC(=O)[C@H](CCCCN1C(=O)C=CC1=O)CC(=O)CNC(=O)CCNC(=O)OC(C)(C)C. The molecule has 0 unspecified atom stereocenters. The molecule has 4 amide bonds. The first-order valence-electron chi connectivity index (χ1n) is 10.7. The summed E-state index contributed by atoms with van der Waals surface area (Å²) in [5, 5.41) is 4.94. The number of hydrogen-bond donors (Lipinski definition) is 2. The maximum absolute atomic E-state index is 12.2. The number of carbonyl (C=O) groups is 6. The highest BCUT2D eigenvalue weighted by Gasteiger charge is 2.23. The number of imide groups is 1. The van der Waals surface area contributed by atoms with Crippen LogP contribution in [0.15, 0.2) is 12.2 Å². The number of nitrogens with one attached hydrogen (secondary N) is 2. The second-order valence-electron chi connectivity index (χ2n) is 8.66. The summed E-state index contributed by atoms with van der Waals surface area (Å²) < 4.78 is 5.06. The minimum atomic E-state index is -0.633. The molecular formula is C22H33N3O7. The highest BCUT2D eigenvalue weighted by atomic mass is 16.6. The van der Waals surface area contributed by atoms with Crippen LogP contribution in [0.1, 0.15) is 59.8 Å². The van der Waals surface area contributed by atoms with Gasteiger partial charge in [-0.15, -0.1) is 0 Å². The van der Waals surface area contributed by atoms with Gasteiger partial charge in [0.05, 0.1) is 6.54 Å². The standard InChI is InChI=1S/C22H33N3O7/c1-15(26)16(7-5-6-12-25-19(29)8-9-20(25)30)13-17(27)14-24-18(28)10-11-23-21(31)32-22(2,3)4/h8-9,16H,5-7,10-14H2,1-4H3,(H,23,31)(H,24,28)/t16-/m1/s1. The van der Waals surface area contributed by atoms with E-state index in [1.54, 1.807) is 20.8 Å². The van der Waals surface area contributed by atoms with Crippen molar-refractivity contribution in [3.8, 4) is 0 Å². The summed E-state index contributed by atoms with van der Waals surface area (Å²) in [4.78, 5) is 71.5. The Balaban J connectivity index is 2.25. The number of nitrogens with zero attached hydrogens (tertiary/aromatic N) is 1. The highest BCUT2D eigenvalue weighted by molar-refractivity contribution is 6.12. The molecule has 0 fully saturated rings. The van der Waals surface area contributed by atoms with Crippen LogP contribution >= 0.6 is 0 Å². The highest BCUT2D eigenvalue weighted by Crippen LogP contribution is 2.16. The number of carbonyl (C=O) groups excluding carboxylic acids is 6. The predicted octanol–water partition coefficient (Wildman–Crippen LogP) is 1.28. The van der Waals surface area contributed by atoms with E-state index in [1.165, 1.54) is 19.1 Å². The van der Waals surface area contributed by atoms with Gasteiger partial charge in [-0.25, -0.2) is 4.79 Å². The van der Waals surface area contributed by atoms with E-state index in [4.69, 9.17) is 4.74 Å². The molecule has 10 heteroatoms. The van der Waals surface area contributed by atoms with Gasteiger partial charge < -0.3 is 15.4 Å². The number of ketones is 2. The van der Waals surface area contributed by atoms with Crippen molar-refractivity contribution in [3.05, 3.63) is 12.2 Å². The van der Waals surface area contributed by atoms with Crippen LogP contribution in [0.2, 0.25) is 0 Å². The van der Waals surface area contributed by atoms with Crippen molar-refractivity contribution in [2.45, 2.75) is 65.4 Å². The Morgan fingerprint density at radius 1 is 1.03 bits per heavy atom. The molecule has 178 valence electrons. The van der Waals surface area contributed by atoms with Crippen molar-refractivity contribution >= 4 is 35.4 Å². The zero-order valence-electron chi connectivity index (χ0n) is 19.2. The second-order valence-corrected chi connectivity index (χ2v) is 8.66. The molecule has 1 atom stereocenters. The Hall–Kier alpha value is -3.04. The van der Waals surface area contributed by atoms with E-state index >= 15 is 0 Å².